The molecule has 0 aromatic rings. The molecule has 0 saturated heterocycles. The van der Waals surface area contributed by atoms with E-state index < -0.39 is 0 Å². The molecule has 2 atom stereocenters. The molecule has 4 heteroatoms. The maximum Gasteiger partial charge on any atom is 0.337 e. The van der Waals surface area contributed by atoms with Crippen LogP contribution in [-0.4, -0.2) is 26.0 Å². The van der Waals surface area contributed by atoms with E-state index >= 15 is 0 Å². The van der Waals surface area contributed by atoms with Crippen molar-refractivity contribution in [3.8, 4) is 0 Å². The predicted molar refractivity (Wildman–Crippen MR) is 78.0 cm³/mol. The number of carbonyl (C=O) groups is 1. The first-order valence-corrected chi connectivity index (χ1v) is 7.56. The highest BCUT2D eigenvalue weighted by Crippen LogP contribution is 2.34. The van der Waals surface area contributed by atoms with Crippen molar-refractivity contribution in [2.45, 2.75) is 59.7 Å². The monoisotopic (exact) mass is 284 g/mol. The summed E-state index contributed by atoms with van der Waals surface area (Å²) in [5.41, 5.74) is 0.677. The maximum absolute atomic E-state index is 11.9. The Balaban J connectivity index is 2.79. The molecule has 0 aromatic carbocycles. The van der Waals surface area contributed by atoms with Gasteiger partial charge in [-0.1, -0.05) is 27.2 Å². The molecule has 20 heavy (non-hydrogen) atoms. The fourth-order valence-electron chi connectivity index (χ4n) is 2.61. The minimum Gasteiger partial charge on any atom is -0.469 e. The number of rotatable bonds is 7. The molecular formula is C16H28O4. The number of allylic oxidation sites excluding steroid dienone is 1. The molecule has 0 unspecified atom stereocenters. The number of hydrogen-bond acceptors (Lipinski definition) is 4. The van der Waals surface area contributed by atoms with Gasteiger partial charge in [-0.3, -0.25) is 0 Å². The van der Waals surface area contributed by atoms with Crippen LogP contribution < -0.4 is 0 Å². The Kier molecular flexibility index (Phi) is 7.06. The molecule has 0 N–H and O–H groups in total. The normalized spacial score (nSPS) is 22.9. The van der Waals surface area contributed by atoms with Gasteiger partial charge < -0.3 is 14.2 Å². The third-order valence-corrected chi connectivity index (χ3v) is 3.54. The highest BCUT2D eigenvalue weighted by atomic mass is 16.7. The minimum atomic E-state index is -0.278. The predicted octanol–water partition coefficient (Wildman–Crippen LogP) is 3.66. The number of methoxy groups -OCH3 is 1. The van der Waals surface area contributed by atoms with Gasteiger partial charge in [0.2, 0.25) is 0 Å². The third kappa shape index (κ3) is 4.82. The maximum atomic E-state index is 11.9. The molecule has 1 aliphatic heterocycles. The molecule has 0 radical (unpaired) electrons. The van der Waals surface area contributed by atoms with Gasteiger partial charge in [0, 0.05) is 12.3 Å². The van der Waals surface area contributed by atoms with Gasteiger partial charge in [0.1, 0.15) is 5.76 Å². The standard InChI is InChI=1S/C16H28O4/c1-6-7-8-19-14-10-13(9-11(2)3)15(12(4)20-14)16(17)18-5/h11,13-14H,6-10H2,1-5H3/t13-,14-/m1/s1. The van der Waals surface area contributed by atoms with Crippen LogP contribution in [0.15, 0.2) is 11.3 Å². The van der Waals surface area contributed by atoms with Gasteiger partial charge in [0.05, 0.1) is 19.3 Å². The van der Waals surface area contributed by atoms with Crippen LogP contribution >= 0.6 is 0 Å². The van der Waals surface area contributed by atoms with Crippen LogP contribution in [0.2, 0.25) is 0 Å². The van der Waals surface area contributed by atoms with Crippen molar-refractivity contribution < 1.29 is 19.0 Å². The van der Waals surface area contributed by atoms with Crippen LogP contribution in [0.4, 0.5) is 0 Å². The summed E-state index contributed by atoms with van der Waals surface area (Å²) < 4.78 is 16.4. The molecule has 1 aliphatic rings. The lowest BCUT2D eigenvalue weighted by Gasteiger charge is -2.32. The lowest BCUT2D eigenvalue weighted by atomic mass is 9.85. The van der Waals surface area contributed by atoms with Crippen LogP contribution in [-0.2, 0) is 19.0 Å². The fraction of sp³-hybridized carbons (Fsp3) is 0.812. The zero-order valence-electron chi connectivity index (χ0n) is 13.4. The summed E-state index contributed by atoms with van der Waals surface area (Å²) in [7, 11) is 1.42. The van der Waals surface area contributed by atoms with Crippen molar-refractivity contribution in [2.75, 3.05) is 13.7 Å². The summed E-state index contributed by atoms with van der Waals surface area (Å²) in [5.74, 6) is 1.04. The summed E-state index contributed by atoms with van der Waals surface area (Å²) in [4.78, 5) is 11.9. The van der Waals surface area contributed by atoms with E-state index in [4.69, 9.17) is 14.2 Å². The van der Waals surface area contributed by atoms with E-state index in [1.807, 2.05) is 6.92 Å². The van der Waals surface area contributed by atoms with Crippen molar-refractivity contribution in [1.29, 1.82) is 0 Å². The Morgan fingerprint density at radius 1 is 1.45 bits per heavy atom. The summed E-state index contributed by atoms with van der Waals surface area (Å²) in [6.45, 7) is 8.98. The first-order valence-electron chi connectivity index (χ1n) is 7.56. The molecule has 1 heterocycles. The number of hydrogen-bond donors (Lipinski definition) is 0. The topological polar surface area (TPSA) is 44.8 Å². The van der Waals surface area contributed by atoms with E-state index in [0.29, 0.717) is 23.9 Å². The highest BCUT2D eigenvalue weighted by molar-refractivity contribution is 5.89. The van der Waals surface area contributed by atoms with Crippen molar-refractivity contribution in [3.63, 3.8) is 0 Å². The molecule has 0 aliphatic carbocycles. The van der Waals surface area contributed by atoms with Gasteiger partial charge in [0.25, 0.3) is 0 Å². The van der Waals surface area contributed by atoms with E-state index in [9.17, 15) is 4.79 Å². The highest BCUT2D eigenvalue weighted by Gasteiger charge is 2.34. The van der Waals surface area contributed by atoms with E-state index in [1.54, 1.807) is 0 Å². The lowest BCUT2D eigenvalue weighted by Crippen LogP contribution is -2.31. The molecule has 0 spiro atoms. The van der Waals surface area contributed by atoms with Crippen LogP contribution in [0.1, 0.15) is 53.4 Å². The Labute approximate surface area is 122 Å². The van der Waals surface area contributed by atoms with Gasteiger partial charge >= 0.3 is 5.97 Å². The Bertz CT molecular complexity index is 346. The minimum absolute atomic E-state index is 0.155. The average Bonchev–Trinajstić information content (AvgIpc) is 2.37. The molecular weight excluding hydrogens is 256 g/mol. The van der Waals surface area contributed by atoms with Crippen LogP contribution in [0.25, 0.3) is 0 Å². The molecule has 0 bridgehead atoms. The quantitative estimate of drug-likeness (QED) is 0.528. The number of unbranched alkanes of at least 4 members (excludes halogenated alkanes) is 1. The summed E-state index contributed by atoms with van der Waals surface area (Å²) in [5, 5.41) is 0. The Hall–Kier alpha value is -1.03. The van der Waals surface area contributed by atoms with Gasteiger partial charge in [-0.05, 0) is 25.7 Å². The average molecular weight is 284 g/mol. The largest absolute Gasteiger partial charge is 0.469 e. The van der Waals surface area contributed by atoms with Crippen LogP contribution in [0.3, 0.4) is 0 Å². The first kappa shape index (κ1) is 17.0. The second kappa shape index (κ2) is 8.30. The lowest BCUT2D eigenvalue weighted by molar-refractivity contribution is -0.149. The van der Waals surface area contributed by atoms with Crippen molar-refractivity contribution in [1.82, 2.24) is 0 Å². The van der Waals surface area contributed by atoms with Crippen LogP contribution in [0.5, 0.6) is 0 Å². The number of esters is 1. The van der Waals surface area contributed by atoms with E-state index in [-0.39, 0.29) is 18.2 Å². The van der Waals surface area contributed by atoms with E-state index in [2.05, 4.69) is 20.8 Å². The summed E-state index contributed by atoms with van der Waals surface area (Å²) >= 11 is 0. The van der Waals surface area contributed by atoms with Crippen LogP contribution in [0, 0.1) is 11.8 Å². The molecule has 116 valence electrons. The Morgan fingerprint density at radius 2 is 2.15 bits per heavy atom. The second-order valence-corrected chi connectivity index (χ2v) is 5.80. The van der Waals surface area contributed by atoms with Gasteiger partial charge in [-0.25, -0.2) is 4.79 Å². The zero-order chi connectivity index (χ0) is 15.1. The SMILES string of the molecule is CCCCO[C@H]1C[C@@H](CC(C)C)C(C(=O)OC)=C(C)O1. The van der Waals surface area contributed by atoms with E-state index in [0.717, 1.165) is 25.7 Å². The number of carbonyl (C=O) groups excluding carboxylic acids is 1. The van der Waals surface area contributed by atoms with Gasteiger partial charge in [-0.15, -0.1) is 0 Å². The van der Waals surface area contributed by atoms with Crippen molar-refractivity contribution >= 4 is 5.97 Å². The van der Waals surface area contributed by atoms with Gasteiger partial charge in [0.15, 0.2) is 6.29 Å². The fourth-order valence-corrected chi connectivity index (χ4v) is 2.61. The Morgan fingerprint density at radius 3 is 2.70 bits per heavy atom. The third-order valence-electron chi connectivity index (χ3n) is 3.54. The summed E-state index contributed by atoms with van der Waals surface area (Å²) in [6, 6.07) is 0. The van der Waals surface area contributed by atoms with E-state index in [1.165, 1.54) is 7.11 Å². The molecule has 1 rings (SSSR count). The molecule has 0 fully saturated rings. The number of ether oxygens (including phenoxy) is 3. The summed E-state index contributed by atoms with van der Waals surface area (Å²) in [6.07, 6.45) is 3.56. The van der Waals surface area contributed by atoms with Crippen molar-refractivity contribution in [2.24, 2.45) is 11.8 Å². The molecule has 0 amide bonds. The molecule has 4 nitrogen and oxygen atoms in total. The smallest absolute Gasteiger partial charge is 0.337 e. The molecule has 0 aromatic heterocycles. The van der Waals surface area contributed by atoms with Gasteiger partial charge in [-0.2, -0.15) is 0 Å². The first-order chi connectivity index (χ1) is 9.49. The molecule has 0 saturated carbocycles. The van der Waals surface area contributed by atoms with Crippen molar-refractivity contribution in [3.05, 3.63) is 11.3 Å². The zero-order valence-corrected chi connectivity index (χ0v) is 13.4. The second-order valence-electron chi connectivity index (χ2n) is 5.80.